The van der Waals surface area contributed by atoms with E-state index in [0.717, 1.165) is 7.11 Å². The maximum absolute atomic E-state index is 12.0. The van der Waals surface area contributed by atoms with Gasteiger partial charge in [0.15, 0.2) is 0 Å². The highest BCUT2D eigenvalue weighted by Crippen LogP contribution is 2.18. The molecule has 8 heteroatoms. The van der Waals surface area contributed by atoms with E-state index in [0.29, 0.717) is 13.0 Å². The van der Waals surface area contributed by atoms with Crippen LogP contribution in [0.4, 0.5) is 4.79 Å². The topological polar surface area (TPSA) is 105 Å². The zero-order chi connectivity index (χ0) is 15.3. The van der Waals surface area contributed by atoms with Crippen molar-refractivity contribution in [3.05, 3.63) is 0 Å². The zero-order valence-corrected chi connectivity index (χ0v) is 11.8. The van der Waals surface area contributed by atoms with E-state index in [-0.39, 0.29) is 12.1 Å². The van der Waals surface area contributed by atoms with E-state index < -0.39 is 30.4 Å². The van der Waals surface area contributed by atoms with Gasteiger partial charge in [-0.2, -0.15) is 0 Å². The first-order valence-electron chi connectivity index (χ1n) is 6.31. The van der Waals surface area contributed by atoms with Gasteiger partial charge >= 0.3 is 18.0 Å². The van der Waals surface area contributed by atoms with Crippen molar-refractivity contribution in [2.24, 2.45) is 0 Å². The molecule has 8 nitrogen and oxygen atoms in total. The van der Waals surface area contributed by atoms with Crippen molar-refractivity contribution < 1.29 is 29.0 Å². The Kier molecular flexibility index (Phi) is 5.75. The number of urea groups is 1. The summed E-state index contributed by atoms with van der Waals surface area (Å²) in [5, 5.41) is 11.3. The monoisotopic (exact) mass is 288 g/mol. The second-order valence-corrected chi connectivity index (χ2v) is 4.66. The van der Waals surface area contributed by atoms with Gasteiger partial charge in [-0.05, 0) is 13.3 Å². The van der Waals surface area contributed by atoms with E-state index in [9.17, 15) is 14.4 Å². The molecule has 1 heterocycles. The maximum Gasteiger partial charge on any atom is 0.326 e. The van der Waals surface area contributed by atoms with Crippen LogP contribution in [0.15, 0.2) is 0 Å². The quantitative estimate of drug-likeness (QED) is 0.680. The molecule has 2 amide bonds. The predicted octanol–water partition coefficient (Wildman–Crippen LogP) is -0.178. The highest BCUT2D eigenvalue weighted by atomic mass is 16.5. The number of carboxylic acids is 1. The number of hydrogen-bond donors (Lipinski definition) is 2. The molecule has 1 aliphatic rings. The molecule has 2 unspecified atom stereocenters. The summed E-state index contributed by atoms with van der Waals surface area (Å²) in [6, 6.07) is -1.97. The van der Waals surface area contributed by atoms with Crippen molar-refractivity contribution in [1.29, 1.82) is 0 Å². The van der Waals surface area contributed by atoms with Crippen LogP contribution in [0.1, 0.15) is 19.8 Å². The SMILES string of the molecule is COC(=O)C[C@H](NC(=O)N(C)C1CCOC1C)C(=O)O. The number of likely N-dealkylation sites (N-methyl/N-ethyl adjacent to an activating group) is 1. The number of nitrogens with one attached hydrogen (secondary N) is 1. The molecule has 0 bridgehead atoms. The van der Waals surface area contributed by atoms with Gasteiger partial charge in [0.2, 0.25) is 0 Å². The molecule has 1 fully saturated rings. The number of nitrogens with zero attached hydrogens (tertiary/aromatic N) is 1. The Hall–Kier alpha value is -1.83. The fraction of sp³-hybridized carbons (Fsp3) is 0.750. The second kappa shape index (κ2) is 7.09. The largest absolute Gasteiger partial charge is 0.480 e. The van der Waals surface area contributed by atoms with Crippen molar-refractivity contribution in [2.75, 3.05) is 20.8 Å². The molecule has 20 heavy (non-hydrogen) atoms. The lowest BCUT2D eigenvalue weighted by molar-refractivity contribution is -0.147. The lowest BCUT2D eigenvalue weighted by Gasteiger charge is -2.28. The first-order chi connectivity index (χ1) is 9.36. The molecule has 0 aliphatic carbocycles. The average Bonchev–Trinajstić information content (AvgIpc) is 2.82. The zero-order valence-electron chi connectivity index (χ0n) is 11.8. The Bertz CT molecular complexity index is 386. The number of methoxy groups -OCH3 is 1. The molecule has 0 aromatic rings. The lowest BCUT2D eigenvalue weighted by atomic mass is 10.1. The molecule has 0 aromatic heterocycles. The highest BCUT2D eigenvalue weighted by molar-refractivity contribution is 5.86. The van der Waals surface area contributed by atoms with Crippen LogP contribution in [0.25, 0.3) is 0 Å². The summed E-state index contributed by atoms with van der Waals surface area (Å²) in [6.45, 7) is 2.42. The molecule has 3 atom stereocenters. The van der Waals surface area contributed by atoms with Gasteiger partial charge in [-0.15, -0.1) is 0 Å². The van der Waals surface area contributed by atoms with Gasteiger partial charge in [-0.25, -0.2) is 9.59 Å². The number of aliphatic carboxylic acids is 1. The normalized spacial score (nSPS) is 22.9. The number of carbonyl (C=O) groups is 3. The number of carbonyl (C=O) groups excluding carboxylic acids is 2. The average molecular weight is 288 g/mol. The van der Waals surface area contributed by atoms with Crippen molar-refractivity contribution in [1.82, 2.24) is 10.2 Å². The van der Waals surface area contributed by atoms with Crippen LogP contribution in [-0.4, -0.2) is 66.9 Å². The summed E-state index contributed by atoms with van der Waals surface area (Å²) >= 11 is 0. The van der Waals surface area contributed by atoms with Crippen molar-refractivity contribution >= 4 is 18.0 Å². The van der Waals surface area contributed by atoms with Crippen LogP contribution in [0.3, 0.4) is 0 Å². The summed E-state index contributed by atoms with van der Waals surface area (Å²) in [5.74, 6) is -1.98. The van der Waals surface area contributed by atoms with Gasteiger partial charge in [-0.1, -0.05) is 0 Å². The fourth-order valence-corrected chi connectivity index (χ4v) is 2.08. The molecule has 0 aromatic carbocycles. The summed E-state index contributed by atoms with van der Waals surface area (Å²) in [6.07, 6.45) is 0.178. The van der Waals surface area contributed by atoms with E-state index in [1.54, 1.807) is 7.05 Å². The van der Waals surface area contributed by atoms with Crippen LogP contribution in [0.2, 0.25) is 0 Å². The van der Waals surface area contributed by atoms with Gasteiger partial charge in [0.1, 0.15) is 6.04 Å². The van der Waals surface area contributed by atoms with Crippen LogP contribution in [0.5, 0.6) is 0 Å². The third-order valence-corrected chi connectivity index (χ3v) is 3.35. The Morgan fingerprint density at radius 2 is 2.15 bits per heavy atom. The number of hydrogen-bond acceptors (Lipinski definition) is 5. The van der Waals surface area contributed by atoms with Gasteiger partial charge in [0.25, 0.3) is 0 Å². The van der Waals surface area contributed by atoms with Crippen molar-refractivity contribution in [3.63, 3.8) is 0 Å². The van der Waals surface area contributed by atoms with E-state index in [1.165, 1.54) is 4.90 Å². The number of rotatable bonds is 5. The van der Waals surface area contributed by atoms with E-state index in [4.69, 9.17) is 9.84 Å². The third kappa shape index (κ3) is 4.09. The fourth-order valence-electron chi connectivity index (χ4n) is 2.08. The molecule has 114 valence electrons. The highest BCUT2D eigenvalue weighted by Gasteiger charge is 2.32. The lowest BCUT2D eigenvalue weighted by Crippen LogP contribution is -2.51. The summed E-state index contributed by atoms with van der Waals surface area (Å²) in [7, 11) is 2.73. The summed E-state index contributed by atoms with van der Waals surface area (Å²) < 4.78 is 9.76. The van der Waals surface area contributed by atoms with Crippen LogP contribution in [-0.2, 0) is 19.1 Å². The summed E-state index contributed by atoms with van der Waals surface area (Å²) in [4.78, 5) is 35.6. The number of esters is 1. The third-order valence-electron chi connectivity index (χ3n) is 3.35. The van der Waals surface area contributed by atoms with Crippen LogP contribution in [0, 0.1) is 0 Å². The maximum atomic E-state index is 12.0. The second-order valence-electron chi connectivity index (χ2n) is 4.66. The van der Waals surface area contributed by atoms with E-state index >= 15 is 0 Å². The van der Waals surface area contributed by atoms with Gasteiger partial charge in [-0.3, -0.25) is 4.79 Å². The Labute approximate surface area is 117 Å². The molecule has 0 spiro atoms. The van der Waals surface area contributed by atoms with Crippen molar-refractivity contribution in [3.8, 4) is 0 Å². The van der Waals surface area contributed by atoms with Crippen LogP contribution < -0.4 is 5.32 Å². The van der Waals surface area contributed by atoms with Gasteiger partial charge in [0, 0.05) is 13.7 Å². The minimum Gasteiger partial charge on any atom is -0.480 e. The first kappa shape index (κ1) is 16.2. The Morgan fingerprint density at radius 3 is 2.60 bits per heavy atom. The minimum absolute atomic E-state index is 0.102. The van der Waals surface area contributed by atoms with E-state index in [1.807, 2.05) is 6.92 Å². The molecule has 1 rings (SSSR count). The van der Waals surface area contributed by atoms with Gasteiger partial charge in [0.05, 0.1) is 25.7 Å². The Balaban J connectivity index is 2.61. The summed E-state index contributed by atoms with van der Waals surface area (Å²) in [5.41, 5.74) is 0. The molecule has 0 radical (unpaired) electrons. The minimum atomic E-state index is -1.31. The molecule has 2 N–H and O–H groups in total. The molecule has 1 aliphatic heterocycles. The number of ether oxygens (including phenoxy) is 2. The molecule has 1 saturated heterocycles. The smallest absolute Gasteiger partial charge is 0.326 e. The van der Waals surface area contributed by atoms with Gasteiger partial charge < -0.3 is 24.8 Å². The van der Waals surface area contributed by atoms with Crippen LogP contribution >= 0.6 is 0 Å². The Morgan fingerprint density at radius 1 is 1.50 bits per heavy atom. The molecular weight excluding hydrogens is 268 g/mol. The first-order valence-corrected chi connectivity index (χ1v) is 6.31. The van der Waals surface area contributed by atoms with Crippen molar-refractivity contribution in [2.45, 2.75) is 38.0 Å². The molecule has 0 saturated carbocycles. The standard InChI is InChI=1S/C12H20N2O6/c1-7-9(4-5-20-7)14(2)12(18)13-8(11(16)17)6-10(15)19-3/h7-9H,4-6H2,1-3H3,(H,13,18)(H,16,17)/t7?,8-,9?/m0/s1. The molecular formula is C12H20N2O6. The number of amides is 2. The van der Waals surface area contributed by atoms with E-state index in [2.05, 4.69) is 10.1 Å². The predicted molar refractivity (Wildman–Crippen MR) is 68.2 cm³/mol. The number of carboxylic acid groups (broad SMARTS) is 1.